The van der Waals surface area contributed by atoms with Crippen molar-refractivity contribution in [3.63, 3.8) is 0 Å². The fourth-order valence-corrected chi connectivity index (χ4v) is 2.62. The monoisotopic (exact) mass is 269 g/mol. The zero-order chi connectivity index (χ0) is 14.3. The maximum absolute atomic E-state index is 5.69. The van der Waals surface area contributed by atoms with E-state index in [0.717, 1.165) is 34.4 Å². The molecule has 0 aliphatic heterocycles. The summed E-state index contributed by atoms with van der Waals surface area (Å²) in [6.45, 7) is 2.64. The van der Waals surface area contributed by atoms with E-state index in [1.54, 1.807) is 0 Å². The maximum atomic E-state index is 5.69. The van der Waals surface area contributed by atoms with E-state index in [0.29, 0.717) is 6.54 Å². The van der Waals surface area contributed by atoms with Gasteiger partial charge in [-0.2, -0.15) is 5.10 Å². The van der Waals surface area contributed by atoms with Crippen molar-refractivity contribution in [3.8, 4) is 11.1 Å². The summed E-state index contributed by atoms with van der Waals surface area (Å²) in [6.07, 6.45) is 2.73. The van der Waals surface area contributed by atoms with Gasteiger partial charge in [-0.1, -0.05) is 6.07 Å². The maximum Gasteiger partial charge on any atom is 0.106 e. The molecule has 2 N–H and O–H groups in total. The minimum Gasteiger partial charge on any atom is -0.331 e. The van der Waals surface area contributed by atoms with Crippen LogP contribution in [-0.2, 0) is 20.5 Å². The Labute approximate surface area is 118 Å². The minimum atomic E-state index is 0.622. The summed E-state index contributed by atoms with van der Waals surface area (Å²) < 4.78 is 4.00. The van der Waals surface area contributed by atoms with Gasteiger partial charge in [0.05, 0.1) is 17.2 Å². The fraction of sp³-hybridized carbons (Fsp3) is 0.333. The Morgan fingerprint density at radius 1 is 1.25 bits per heavy atom. The molecule has 1 aromatic carbocycles. The van der Waals surface area contributed by atoms with Crippen LogP contribution in [0.5, 0.6) is 0 Å². The van der Waals surface area contributed by atoms with Crippen molar-refractivity contribution in [1.29, 1.82) is 0 Å². The number of nitrogens with two attached hydrogens (primary N) is 1. The fourth-order valence-electron chi connectivity index (χ4n) is 2.62. The Balaban J connectivity index is 2.15. The first kappa shape index (κ1) is 12.9. The lowest BCUT2D eigenvalue weighted by Gasteiger charge is -2.05. The Morgan fingerprint density at radius 2 is 2.05 bits per heavy atom. The van der Waals surface area contributed by atoms with E-state index in [9.17, 15) is 0 Å². The van der Waals surface area contributed by atoms with Gasteiger partial charge in [0.15, 0.2) is 0 Å². The van der Waals surface area contributed by atoms with Gasteiger partial charge < -0.3 is 10.3 Å². The van der Waals surface area contributed by atoms with Crippen molar-refractivity contribution in [1.82, 2.24) is 19.3 Å². The number of benzene rings is 1. The topological polar surface area (TPSA) is 61.7 Å². The number of aromatic nitrogens is 4. The van der Waals surface area contributed by atoms with Crippen LogP contribution in [0, 0.1) is 6.92 Å². The van der Waals surface area contributed by atoms with Crippen LogP contribution in [0.4, 0.5) is 0 Å². The van der Waals surface area contributed by atoms with E-state index in [-0.39, 0.29) is 0 Å². The first-order chi connectivity index (χ1) is 9.61. The average molecular weight is 269 g/mol. The van der Waals surface area contributed by atoms with Gasteiger partial charge in [-0.3, -0.25) is 4.68 Å². The predicted molar refractivity (Wildman–Crippen MR) is 80.4 cm³/mol. The summed E-state index contributed by atoms with van der Waals surface area (Å²) >= 11 is 0. The Morgan fingerprint density at radius 3 is 2.80 bits per heavy atom. The summed E-state index contributed by atoms with van der Waals surface area (Å²) in [4.78, 5) is 4.59. The molecule has 0 unspecified atom stereocenters. The second kappa shape index (κ2) is 4.76. The quantitative estimate of drug-likeness (QED) is 0.788. The van der Waals surface area contributed by atoms with Gasteiger partial charge in [-0.15, -0.1) is 0 Å². The van der Waals surface area contributed by atoms with Gasteiger partial charge >= 0.3 is 0 Å². The van der Waals surface area contributed by atoms with Crippen molar-refractivity contribution in [3.05, 3.63) is 35.9 Å². The van der Waals surface area contributed by atoms with Crippen LogP contribution in [0.15, 0.2) is 24.4 Å². The molecule has 2 heterocycles. The van der Waals surface area contributed by atoms with Crippen molar-refractivity contribution in [2.24, 2.45) is 19.8 Å². The predicted octanol–water partition coefficient (Wildman–Crippen LogP) is 1.78. The van der Waals surface area contributed by atoms with Crippen molar-refractivity contribution < 1.29 is 0 Å². The van der Waals surface area contributed by atoms with Gasteiger partial charge in [-0.05, 0) is 31.2 Å². The molecule has 0 radical (unpaired) electrons. The molecular formula is C15H19N5. The van der Waals surface area contributed by atoms with E-state index in [1.165, 1.54) is 5.69 Å². The summed E-state index contributed by atoms with van der Waals surface area (Å²) in [7, 11) is 3.99. The molecule has 0 atom stereocenters. The first-order valence-electron chi connectivity index (χ1n) is 6.76. The average Bonchev–Trinajstić information content (AvgIpc) is 2.92. The van der Waals surface area contributed by atoms with Crippen LogP contribution < -0.4 is 5.73 Å². The molecule has 0 saturated heterocycles. The second-order valence-corrected chi connectivity index (χ2v) is 5.09. The molecule has 0 fully saturated rings. The van der Waals surface area contributed by atoms with Crippen LogP contribution in [0.1, 0.15) is 11.5 Å². The molecule has 5 nitrogen and oxygen atoms in total. The highest BCUT2D eigenvalue weighted by atomic mass is 15.3. The molecule has 2 aromatic heterocycles. The second-order valence-electron chi connectivity index (χ2n) is 5.09. The Hall–Kier alpha value is -2.14. The van der Waals surface area contributed by atoms with Crippen LogP contribution in [-0.4, -0.2) is 25.9 Å². The van der Waals surface area contributed by atoms with Gasteiger partial charge in [0.1, 0.15) is 5.82 Å². The van der Waals surface area contributed by atoms with Crippen LogP contribution in [0.3, 0.4) is 0 Å². The van der Waals surface area contributed by atoms with Gasteiger partial charge in [0.2, 0.25) is 0 Å². The largest absolute Gasteiger partial charge is 0.331 e. The number of aryl methyl sites for hydroxylation is 3. The number of hydrogen-bond donors (Lipinski definition) is 1. The smallest absolute Gasteiger partial charge is 0.106 e. The Kier molecular flexibility index (Phi) is 3.06. The molecule has 20 heavy (non-hydrogen) atoms. The third-order valence-electron chi connectivity index (χ3n) is 3.86. The molecular weight excluding hydrogens is 250 g/mol. The number of nitrogens with zero attached hydrogens (tertiary/aromatic N) is 4. The Bertz CT molecular complexity index is 766. The van der Waals surface area contributed by atoms with E-state index in [1.807, 2.05) is 31.9 Å². The molecule has 104 valence electrons. The van der Waals surface area contributed by atoms with Crippen molar-refractivity contribution >= 4 is 11.0 Å². The van der Waals surface area contributed by atoms with E-state index >= 15 is 0 Å². The highest BCUT2D eigenvalue weighted by Gasteiger charge is 2.12. The van der Waals surface area contributed by atoms with Gasteiger partial charge in [0.25, 0.3) is 0 Å². The lowest BCUT2D eigenvalue weighted by molar-refractivity contribution is 0.707. The van der Waals surface area contributed by atoms with Gasteiger partial charge in [0, 0.05) is 31.8 Å². The normalized spacial score (nSPS) is 11.4. The summed E-state index contributed by atoms with van der Waals surface area (Å²) in [5.41, 5.74) is 11.3. The first-order valence-corrected chi connectivity index (χ1v) is 6.76. The van der Waals surface area contributed by atoms with Crippen LogP contribution in [0.2, 0.25) is 0 Å². The number of fused-ring (bicyclic) bond motifs is 1. The SMILES string of the molecule is Cc1nc2cc(-c3cnn(C)c3CCN)ccc2n1C. The number of hydrogen-bond acceptors (Lipinski definition) is 3. The van der Waals surface area contributed by atoms with E-state index in [2.05, 4.69) is 32.8 Å². The summed E-state index contributed by atoms with van der Waals surface area (Å²) in [5, 5.41) is 4.35. The summed E-state index contributed by atoms with van der Waals surface area (Å²) in [6, 6.07) is 6.36. The lowest BCUT2D eigenvalue weighted by Crippen LogP contribution is -2.08. The van der Waals surface area contributed by atoms with Crippen LogP contribution >= 0.6 is 0 Å². The lowest BCUT2D eigenvalue weighted by atomic mass is 10.0. The van der Waals surface area contributed by atoms with E-state index < -0.39 is 0 Å². The highest BCUT2D eigenvalue weighted by Crippen LogP contribution is 2.27. The molecule has 0 aliphatic rings. The van der Waals surface area contributed by atoms with Crippen molar-refractivity contribution in [2.75, 3.05) is 6.54 Å². The van der Waals surface area contributed by atoms with E-state index in [4.69, 9.17) is 5.73 Å². The number of rotatable bonds is 3. The molecule has 5 heteroatoms. The standard InChI is InChI=1S/C15H19N5/c1-10-18-13-8-11(4-5-15(13)19(10)2)12-9-17-20(3)14(12)6-7-16/h4-5,8-9H,6-7,16H2,1-3H3. The third-order valence-corrected chi connectivity index (χ3v) is 3.86. The molecule has 0 bridgehead atoms. The molecule has 3 aromatic rings. The van der Waals surface area contributed by atoms with Crippen molar-refractivity contribution in [2.45, 2.75) is 13.3 Å². The van der Waals surface area contributed by atoms with Crippen LogP contribution in [0.25, 0.3) is 22.2 Å². The molecule has 0 aliphatic carbocycles. The molecule has 3 rings (SSSR count). The summed E-state index contributed by atoms with van der Waals surface area (Å²) in [5.74, 6) is 1.02. The minimum absolute atomic E-state index is 0.622. The molecule has 0 spiro atoms. The molecule has 0 saturated carbocycles. The zero-order valence-electron chi connectivity index (χ0n) is 12.1. The highest BCUT2D eigenvalue weighted by molar-refractivity contribution is 5.83. The third kappa shape index (κ3) is 1.91. The number of imidazole rings is 1. The molecule has 0 amide bonds. The van der Waals surface area contributed by atoms with Gasteiger partial charge in [-0.25, -0.2) is 4.98 Å². The zero-order valence-corrected chi connectivity index (χ0v) is 12.1.